The summed E-state index contributed by atoms with van der Waals surface area (Å²) in [5.41, 5.74) is 1.20. The number of aliphatic hydroxyl groups excluding tert-OH is 1. The second kappa shape index (κ2) is 8.47. The Kier molecular flexibility index (Phi) is 5.55. The van der Waals surface area contributed by atoms with Crippen molar-refractivity contribution in [2.24, 2.45) is 0 Å². The zero-order valence-corrected chi connectivity index (χ0v) is 17.5. The second-order valence-electron chi connectivity index (χ2n) is 7.16. The number of amides is 1. The lowest BCUT2D eigenvalue weighted by atomic mass is 9.95. The SMILES string of the molecule is COc1cccc(/C(O)=C2/C(=O)C(=O)N(c3ccccc3OC)C2c2ccc(O)cc2)c1. The van der Waals surface area contributed by atoms with Gasteiger partial charge in [0, 0.05) is 5.56 Å². The lowest BCUT2D eigenvalue weighted by molar-refractivity contribution is -0.132. The van der Waals surface area contributed by atoms with Crippen LogP contribution in [-0.2, 0) is 9.59 Å². The maximum Gasteiger partial charge on any atom is 0.300 e. The number of aliphatic hydroxyl groups is 1. The summed E-state index contributed by atoms with van der Waals surface area (Å²) in [7, 11) is 2.97. The third kappa shape index (κ3) is 3.54. The van der Waals surface area contributed by atoms with Crippen molar-refractivity contribution < 1.29 is 29.3 Å². The highest BCUT2D eigenvalue weighted by Gasteiger charge is 2.47. The molecule has 0 bridgehead atoms. The summed E-state index contributed by atoms with van der Waals surface area (Å²) in [6, 6.07) is 18.6. The van der Waals surface area contributed by atoms with E-state index in [-0.39, 0.29) is 17.1 Å². The standard InChI is InChI=1S/C25H21NO6/c1-31-18-7-5-6-16(14-18)23(28)21-22(15-10-12-17(27)13-11-15)26(25(30)24(21)29)19-8-3-4-9-20(19)32-2/h3-14,22,27-28H,1-2H3/b23-21-. The molecule has 1 atom stereocenters. The monoisotopic (exact) mass is 431 g/mol. The lowest BCUT2D eigenvalue weighted by Crippen LogP contribution is -2.29. The molecule has 4 rings (SSSR count). The number of methoxy groups -OCH3 is 2. The molecule has 1 saturated heterocycles. The molecular weight excluding hydrogens is 410 g/mol. The number of aromatic hydroxyl groups is 1. The number of Topliss-reactive ketones (excluding diaryl/α,β-unsaturated/α-hetero) is 1. The molecule has 32 heavy (non-hydrogen) atoms. The van der Waals surface area contributed by atoms with Crippen LogP contribution in [0.1, 0.15) is 17.2 Å². The lowest BCUT2D eigenvalue weighted by Gasteiger charge is -2.26. The van der Waals surface area contributed by atoms with E-state index in [1.54, 1.807) is 60.7 Å². The van der Waals surface area contributed by atoms with Crippen molar-refractivity contribution in [3.8, 4) is 17.2 Å². The Bertz CT molecular complexity index is 1220. The molecule has 7 heteroatoms. The van der Waals surface area contributed by atoms with Crippen LogP contribution < -0.4 is 14.4 Å². The maximum absolute atomic E-state index is 13.2. The fraction of sp³-hybridized carbons (Fsp3) is 0.120. The van der Waals surface area contributed by atoms with Crippen molar-refractivity contribution in [3.63, 3.8) is 0 Å². The fourth-order valence-corrected chi connectivity index (χ4v) is 3.81. The fourth-order valence-electron chi connectivity index (χ4n) is 3.81. The minimum Gasteiger partial charge on any atom is -0.508 e. The van der Waals surface area contributed by atoms with E-state index in [9.17, 15) is 19.8 Å². The summed E-state index contributed by atoms with van der Waals surface area (Å²) in [5.74, 6) is -1.01. The van der Waals surface area contributed by atoms with Gasteiger partial charge in [-0.3, -0.25) is 14.5 Å². The number of hydrogen-bond acceptors (Lipinski definition) is 6. The van der Waals surface area contributed by atoms with Crippen molar-refractivity contribution in [1.82, 2.24) is 0 Å². The first-order valence-electron chi connectivity index (χ1n) is 9.83. The van der Waals surface area contributed by atoms with Crippen LogP contribution in [0.3, 0.4) is 0 Å². The summed E-state index contributed by atoms with van der Waals surface area (Å²) in [6.07, 6.45) is 0. The number of phenols is 1. The van der Waals surface area contributed by atoms with E-state index in [0.29, 0.717) is 28.3 Å². The number of ether oxygens (including phenoxy) is 2. The molecule has 7 nitrogen and oxygen atoms in total. The summed E-state index contributed by atoms with van der Waals surface area (Å²) in [6.45, 7) is 0. The van der Waals surface area contributed by atoms with Gasteiger partial charge in [0.2, 0.25) is 0 Å². The molecule has 2 N–H and O–H groups in total. The number of nitrogens with zero attached hydrogens (tertiary/aromatic N) is 1. The van der Waals surface area contributed by atoms with Gasteiger partial charge in [0.05, 0.1) is 31.5 Å². The number of carbonyl (C=O) groups excluding carboxylic acids is 2. The third-order valence-electron chi connectivity index (χ3n) is 5.34. The first-order valence-corrected chi connectivity index (χ1v) is 9.83. The molecule has 162 valence electrons. The van der Waals surface area contributed by atoms with Crippen molar-refractivity contribution in [2.45, 2.75) is 6.04 Å². The average Bonchev–Trinajstić information content (AvgIpc) is 3.09. The smallest absolute Gasteiger partial charge is 0.300 e. The highest BCUT2D eigenvalue weighted by Crippen LogP contribution is 2.45. The quantitative estimate of drug-likeness (QED) is 0.360. The van der Waals surface area contributed by atoms with Crippen LogP contribution in [0.15, 0.2) is 78.4 Å². The number of hydrogen-bond donors (Lipinski definition) is 2. The number of benzene rings is 3. The zero-order valence-electron chi connectivity index (χ0n) is 17.5. The predicted octanol–water partition coefficient (Wildman–Crippen LogP) is 4.04. The normalized spacial score (nSPS) is 17.4. The van der Waals surface area contributed by atoms with Crippen LogP contribution in [0.4, 0.5) is 5.69 Å². The van der Waals surface area contributed by atoms with E-state index in [4.69, 9.17) is 9.47 Å². The number of carbonyl (C=O) groups is 2. The van der Waals surface area contributed by atoms with E-state index < -0.39 is 17.7 Å². The molecule has 0 spiro atoms. The second-order valence-corrected chi connectivity index (χ2v) is 7.16. The molecule has 1 amide bonds. The van der Waals surface area contributed by atoms with Crippen molar-refractivity contribution in [1.29, 1.82) is 0 Å². The highest BCUT2D eigenvalue weighted by atomic mass is 16.5. The molecule has 1 aliphatic rings. The minimum absolute atomic E-state index is 0.0378. The number of anilines is 1. The van der Waals surface area contributed by atoms with Gasteiger partial charge in [0.1, 0.15) is 23.0 Å². The summed E-state index contributed by atoms with van der Waals surface area (Å²) in [4.78, 5) is 27.7. The van der Waals surface area contributed by atoms with E-state index in [1.165, 1.54) is 31.3 Å². The molecule has 1 heterocycles. The Morgan fingerprint density at radius 1 is 0.906 bits per heavy atom. The third-order valence-corrected chi connectivity index (χ3v) is 5.34. The van der Waals surface area contributed by atoms with Crippen LogP contribution in [0.5, 0.6) is 17.2 Å². The van der Waals surface area contributed by atoms with Gasteiger partial charge in [-0.1, -0.05) is 36.4 Å². The molecule has 3 aromatic rings. The minimum atomic E-state index is -0.932. The largest absolute Gasteiger partial charge is 0.508 e. The van der Waals surface area contributed by atoms with Crippen LogP contribution >= 0.6 is 0 Å². The van der Waals surface area contributed by atoms with Gasteiger partial charge in [-0.25, -0.2) is 0 Å². The Labute approximate surface area is 184 Å². The summed E-state index contributed by atoms with van der Waals surface area (Å²) >= 11 is 0. The van der Waals surface area contributed by atoms with Crippen LogP contribution in [0, 0.1) is 0 Å². The predicted molar refractivity (Wildman–Crippen MR) is 119 cm³/mol. The van der Waals surface area contributed by atoms with Gasteiger partial charge in [-0.05, 0) is 42.0 Å². The molecule has 1 unspecified atom stereocenters. The van der Waals surface area contributed by atoms with Crippen LogP contribution in [-0.4, -0.2) is 36.1 Å². The van der Waals surface area contributed by atoms with Gasteiger partial charge in [0.15, 0.2) is 0 Å². The summed E-state index contributed by atoms with van der Waals surface area (Å²) < 4.78 is 10.6. The molecule has 0 aromatic heterocycles. The van der Waals surface area contributed by atoms with Gasteiger partial charge in [0.25, 0.3) is 11.7 Å². The molecule has 0 aliphatic carbocycles. The van der Waals surface area contributed by atoms with Crippen LogP contribution in [0.25, 0.3) is 5.76 Å². The van der Waals surface area contributed by atoms with Crippen molar-refractivity contribution >= 4 is 23.1 Å². The van der Waals surface area contributed by atoms with E-state index in [1.807, 2.05) is 0 Å². The van der Waals surface area contributed by atoms with Gasteiger partial charge in [-0.15, -0.1) is 0 Å². The Hall–Kier alpha value is -4.26. The summed E-state index contributed by atoms with van der Waals surface area (Å²) in [5, 5.41) is 20.9. The Morgan fingerprint density at radius 2 is 1.62 bits per heavy atom. The maximum atomic E-state index is 13.2. The highest BCUT2D eigenvalue weighted by molar-refractivity contribution is 6.51. The molecular formula is C25H21NO6. The first kappa shape index (κ1) is 21.0. The number of para-hydroxylation sites is 2. The molecule has 0 saturated carbocycles. The topological polar surface area (TPSA) is 96.3 Å². The molecule has 3 aromatic carbocycles. The van der Waals surface area contributed by atoms with Crippen molar-refractivity contribution in [2.75, 3.05) is 19.1 Å². The van der Waals surface area contributed by atoms with E-state index >= 15 is 0 Å². The number of rotatable bonds is 5. The van der Waals surface area contributed by atoms with Crippen LogP contribution in [0.2, 0.25) is 0 Å². The van der Waals surface area contributed by atoms with E-state index in [2.05, 4.69) is 0 Å². The zero-order chi connectivity index (χ0) is 22.8. The van der Waals surface area contributed by atoms with E-state index in [0.717, 1.165) is 0 Å². The van der Waals surface area contributed by atoms with Gasteiger partial charge >= 0.3 is 0 Å². The van der Waals surface area contributed by atoms with Crippen molar-refractivity contribution in [3.05, 3.63) is 89.5 Å². The first-order chi connectivity index (χ1) is 15.5. The average molecular weight is 431 g/mol. The molecule has 1 aliphatic heterocycles. The number of ketones is 1. The Balaban J connectivity index is 1.97. The molecule has 1 fully saturated rings. The number of phenolic OH excluding ortho intramolecular Hbond substituents is 1. The Morgan fingerprint density at radius 3 is 2.31 bits per heavy atom. The van der Waals surface area contributed by atoms with Gasteiger partial charge in [-0.2, -0.15) is 0 Å². The van der Waals surface area contributed by atoms with Gasteiger partial charge < -0.3 is 19.7 Å². The molecule has 0 radical (unpaired) electrons.